The Morgan fingerprint density at radius 3 is 2.50 bits per heavy atom. The van der Waals surface area contributed by atoms with Crippen LogP contribution < -0.4 is 4.74 Å². The van der Waals surface area contributed by atoms with Gasteiger partial charge in [0.05, 0.1) is 16.6 Å². The Hall–Kier alpha value is -4.49. The van der Waals surface area contributed by atoms with Gasteiger partial charge < -0.3 is 14.0 Å². The summed E-state index contributed by atoms with van der Waals surface area (Å²) < 4.78 is 31.6. The van der Waals surface area contributed by atoms with Crippen molar-refractivity contribution in [1.82, 2.24) is 19.1 Å². The van der Waals surface area contributed by atoms with Gasteiger partial charge in [-0.2, -0.15) is 0 Å². The molecule has 1 unspecified atom stereocenters. The van der Waals surface area contributed by atoms with Crippen molar-refractivity contribution in [3.05, 3.63) is 103 Å². The molecule has 3 aromatic carbocycles. The number of halogens is 1. The summed E-state index contributed by atoms with van der Waals surface area (Å²) in [5, 5.41) is 2.25. The Kier molecular flexibility index (Phi) is 6.54. The van der Waals surface area contributed by atoms with Gasteiger partial charge in [0, 0.05) is 42.0 Å². The fourth-order valence-electron chi connectivity index (χ4n) is 5.84. The van der Waals surface area contributed by atoms with Crippen LogP contribution in [0.1, 0.15) is 51.8 Å². The first-order valence-electron chi connectivity index (χ1n) is 14.5. The summed E-state index contributed by atoms with van der Waals surface area (Å²) in [5.41, 5.74) is 3.64. The Labute approximate surface area is 244 Å². The van der Waals surface area contributed by atoms with Crippen LogP contribution in [0.3, 0.4) is 0 Å². The third kappa shape index (κ3) is 4.73. The van der Waals surface area contributed by atoms with E-state index in [-0.39, 0.29) is 17.5 Å². The molecule has 0 radical (unpaired) electrons. The zero-order valence-corrected chi connectivity index (χ0v) is 24.0. The predicted octanol–water partition coefficient (Wildman–Crippen LogP) is 8.97. The average molecular weight is 561 g/mol. The van der Waals surface area contributed by atoms with E-state index in [9.17, 15) is 0 Å². The van der Waals surface area contributed by atoms with Gasteiger partial charge in [0.2, 0.25) is 0 Å². The summed E-state index contributed by atoms with van der Waals surface area (Å²) in [5.74, 6) is 2.21. The molecule has 7 heteroatoms. The minimum atomic E-state index is -0.356. The summed E-state index contributed by atoms with van der Waals surface area (Å²) >= 11 is 0. The van der Waals surface area contributed by atoms with E-state index >= 15 is 4.39 Å². The molecule has 0 N–H and O–H groups in total. The lowest BCUT2D eigenvalue weighted by atomic mass is 9.88. The van der Waals surface area contributed by atoms with Gasteiger partial charge in [-0.05, 0) is 78.8 Å². The zero-order chi connectivity index (χ0) is 28.8. The van der Waals surface area contributed by atoms with Crippen LogP contribution in [-0.4, -0.2) is 25.7 Å². The van der Waals surface area contributed by atoms with Crippen molar-refractivity contribution in [3.8, 4) is 28.7 Å². The Morgan fingerprint density at radius 2 is 1.67 bits per heavy atom. The number of ether oxygens (including phenoxy) is 2. The van der Waals surface area contributed by atoms with E-state index in [1.54, 1.807) is 18.3 Å². The van der Waals surface area contributed by atoms with Crippen LogP contribution in [0.2, 0.25) is 0 Å². The quantitative estimate of drug-likeness (QED) is 0.211. The SMILES string of the molecule is CC(C)(C)c1ccnc(-n2c3ccccc3c3ccc(Oc4ccc(F)c(-c5nccn5C5CCCCO5)c4)cc32)c1. The largest absolute Gasteiger partial charge is 0.457 e. The molecule has 3 aromatic heterocycles. The first-order chi connectivity index (χ1) is 20.4. The maximum Gasteiger partial charge on any atom is 0.145 e. The fraction of sp³-hybridized carbons (Fsp3) is 0.257. The highest BCUT2D eigenvalue weighted by atomic mass is 19.1. The summed E-state index contributed by atoms with van der Waals surface area (Å²) in [7, 11) is 0. The number of nitrogens with zero attached hydrogens (tertiary/aromatic N) is 4. The van der Waals surface area contributed by atoms with Crippen LogP contribution in [0.15, 0.2) is 91.4 Å². The molecule has 0 amide bonds. The second kappa shape index (κ2) is 10.4. The predicted molar refractivity (Wildman–Crippen MR) is 164 cm³/mol. The van der Waals surface area contributed by atoms with Gasteiger partial charge in [-0.15, -0.1) is 0 Å². The standard InChI is InChI=1S/C35H33FN4O2/c1-35(2,3)23-15-16-37-32(20-23)40-30-9-5-4-8-26(30)27-13-11-25(22-31(27)40)42-24-12-14-29(36)28(21-24)34-38-17-18-39(34)33-10-6-7-19-41-33/h4-5,8-9,11-18,20-22,33H,6-7,10,19H2,1-3H3. The average Bonchev–Trinajstić information content (AvgIpc) is 3.61. The second-order valence-corrected chi connectivity index (χ2v) is 11.9. The van der Waals surface area contributed by atoms with Gasteiger partial charge in [-0.25, -0.2) is 14.4 Å². The molecule has 1 saturated heterocycles. The van der Waals surface area contributed by atoms with Crippen LogP contribution in [0.25, 0.3) is 39.0 Å². The van der Waals surface area contributed by atoms with Crippen molar-refractivity contribution >= 4 is 21.8 Å². The molecule has 6 aromatic rings. The molecular weight excluding hydrogens is 527 g/mol. The third-order valence-electron chi connectivity index (χ3n) is 8.03. The number of imidazole rings is 1. The summed E-state index contributed by atoms with van der Waals surface area (Å²) in [6.45, 7) is 7.31. The van der Waals surface area contributed by atoms with Gasteiger partial charge in [0.25, 0.3) is 0 Å². The van der Waals surface area contributed by atoms with E-state index in [1.807, 2.05) is 35.2 Å². The second-order valence-electron chi connectivity index (χ2n) is 11.9. The first kappa shape index (κ1) is 26.4. The topological polar surface area (TPSA) is 54.1 Å². The number of pyridine rings is 1. The minimum absolute atomic E-state index is 0.0111. The Morgan fingerprint density at radius 1 is 0.857 bits per heavy atom. The number of hydrogen-bond acceptors (Lipinski definition) is 4. The van der Waals surface area contributed by atoms with E-state index in [4.69, 9.17) is 14.5 Å². The van der Waals surface area contributed by atoms with Crippen LogP contribution in [0.4, 0.5) is 4.39 Å². The van der Waals surface area contributed by atoms with Gasteiger partial charge in [-0.3, -0.25) is 4.57 Å². The molecule has 6 nitrogen and oxygen atoms in total. The van der Waals surface area contributed by atoms with Crippen molar-refractivity contribution in [2.45, 2.75) is 51.7 Å². The van der Waals surface area contributed by atoms with E-state index in [2.05, 4.69) is 66.7 Å². The van der Waals surface area contributed by atoms with E-state index in [0.717, 1.165) is 46.9 Å². The number of aromatic nitrogens is 4. The Bertz CT molecular complexity index is 1910. The fourth-order valence-corrected chi connectivity index (χ4v) is 5.84. The lowest BCUT2D eigenvalue weighted by Crippen LogP contribution is -2.18. The molecule has 1 aliphatic rings. The van der Waals surface area contributed by atoms with E-state index in [0.29, 0.717) is 29.5 Å². The molecule has 0 aliphatic carbocycles. The number of rotatable bonds is 5. The maximum atomic E-state index is 15.1. The van der Waals surface area contributed by atoms with Crippen molar-refractivity contribution in [3.63, 3.8) is 0 Å². The van der Waals surface area contributed by atoms with Crippen molar-refractivity contribution in [2.75, 3.05) is 6.61 Å². The van der Waals surface area contributed by atoms with Gasteiger partial charge in [0.15, 0.2) is 0 Å². The third-order valence-corrected chi connectivity index (χ3v) is 8.03. The van der Waals surface area contributed by atoms with Gasteiger partial charge in [0.1, 0.15) is 35.2 Å². The molecule has 7 rings (SSSR count). The first-order valence-corrected chi connectivity index (χ1v) is 14.5. The highest BCUT2D eigenvalue weighted by Gasteiger charge is 2.22. The van der Waals surface area contributed by atoms with Crippen molar-refractivity contribution in [1.29, 1.82) is 0 Å². The van der Waals surface area contributed by atoms with Crippen LogP contribution in [-0.2, 0) is 10.2 Å². The normalized spacial score (nSPS) is 15.9. The molecule has 0 bridgehead atoms. The molecule has 0 saturated carbocycles. The summed E-state index contributed by atoms with van der Waals surface area (Å²) in [6.07, 6.45) is 8.27. The van der Waals surface area contributed by atoms with Crippen molar-refractivity contribution in [2.24, 2.45) is 0 Å². The minimum Gasteiger partial charge on any atom is -0.457 e. The Balaban J connectivity index is 1.29. The molecule has 1 aliphatic heterocycles. The monoisotopic (exact) mass is 560 g/mol. The molecule has 1 atom stereocenters. The lowest BCUT2D eigenvalue weighted by Gasteiger charge is -2.25. The van der Waals surface area contributed by atoms with Crippen LogP contribution in [0, 0.1) is 5.82 Å². The maximum absolute atomic E-state index is 15.1. The van der Waals surface area contributed by atoms with Crippen LogP contribution in [0.5, 0.6) is 11.5 Å². The molecule has 0 spiro atoms. The summed E-state index contributed by atoms with van der Waals surface area (Å²) in [6, 6.07) is 23.4. The molecule has 4 heterocycles. The molecule has 42 heavy (non-hydrogen) atoms. The number of fused-ring (bicyclic) bond motifs is 3. The summed E-state index contributed by atoms with van der Waals surface area (Å²) in [4.78, 5) is 9.25. The van der Waals surface area contributed by atoms with Gasteiger partial charge in [-0.1, -0.05) is 39.0 Å². The number of hydrogen-bond donors (Lipinski definition) is 0. The molecular formula is C35H33FN4O2. The van der Waals surface area contributed by atoms with Crippen molar-refractivity contribution < 1.29 is 13.9 Å². The molecule has 1 fully saturated rings. The highest BCUT2D eigenvalue weighted by Crippen LogP contribution is 2.37. The van der Waals surface area contributed by atoms with Gasteiger partial charge >= 0.3 is 0 Å². The lowest BCUT2D eigenvalue weighted by molar-refractivity contribution is -0.0309. The zero-order valence-electron chi connectivity index (χ0n) is 24.0. The van der Waals surface area contributed by atoms with Crippen LogP contribution >= 0.6 is 0 Å². The number of para-hydroxylation sites is 1. The van der Waals surface area contributed by atoms with E-state index < -0.39 is 0 Å². The smallest absolute Gasteiger partial charge is 0.145 e. The molecule has 212 valence electrons. The highest BCUT2D eigenvalue weighted by molar-refractivity contribution is 6.09. The number of benzene rings is 3. The van der Waals surface area contributed by atoms with E-state index in [1.165, 1.54) is 11.6 Å².